The van der Waals surface area contributed by atoms with Crippen LogP contribution in [0.15, 0.2) is 22.7 Å². The van der Waals surface area contributed by atoms with E-state index in [1.54, 1.807) is 0 Å². The minimum absolute atomic E-state index is 0.211. The maximum Gasteiger partial charge on any atom is 0.0400 e. The number of benzene rings is 1. The molecule has 1 heterocycles. The van der Waals surface area contributed by atoms with Gasteiger partial charge in [0.15, 0.2) is 0 Å². The number of hydrogen-bond acceptors (Lipinski definition) is 2. The second-order valence-corrected chi connectivity index (χ2v) is 6.38. The van der Waals surface area contributed by atoms with Crippen LogP contribution in [0.2, 0.25) is 0 Å². The maximum absolute atomic E-state index is 5.96. The largest absolute Gasteiger partial charge is 0.371 e. The molecule has 0 saturated carbocycles. The van der Waals surface area contributed by atoms with Gasteiger partial charge in [-0.15, -0.1) is 0 Å². The Balaban J connectivity index is 2.21. The lowest BCUT2D eigenvalue weighted by molar-refractivity contribution is 0.569. The zero-order valence-corrected chi connectivity index (χ0v) is 12.9. The first-order valence-electron chi connectivity index (χ1n) is 6.89. The van der Waals surface area contributed by atoms with Crippen LogP contribution in [0, 0.1) is 5.92 Å². The molecule has 0 radical (unpaired) electrons. The van der Waals surface area contributed by atoms with Gasteiger partial charge in [-0.05, 0) is 49.4 Å². The van der Waals surface area contributed by atoms with Gasteiger partial charge < -0.3 is 10.6 Å². The van der Waals surface area contributed by atoms with E-state index in [2.05, 4.69) is 52.9 Å². The van der Waals surface area contributed by atoms with E-state index < -0.39 is 0 Å². The highest BCUT2D eigenvalue weighted by atomic mass is 79.9. The summed E-state index contributed by atoms with van der Waals surface area (Å²) < 4.78 is 1.15. The molecule has 1 fully saturated rings. The molecule has 2 atom stereocenters. The van der Waals surface area contributed by atoms with Crippen LogP contribution < -0.4 is 10.6 Å². The fourth-order valence-corrected chi connectivity index (χ4v) is 3.17. The van der Waals surface area contributed by atoms with E-state index in [0.29, 0.717) is 0 Å². The molecule has 1 saturated heterocycles. The topological polar surface area (TPSA) is 29.3 Å². The summed E-state index contributed by atoms with van der Waals surface area (Å²) in [6.07, 6.45) is 3.56. The van der Waals surface area contributed by atoms with Crippen molar-refractivity contribution < 1.29 is 0 Å². The molecule has 100 valence electrons. The maximum atomic E-state index is 5.96. The van der Waals surface area contributed by atoms with Gasteiger partial charge in [0.05, 0.1) is 0 Å². The summed E-state index contributed by atoms with van der Waals surface area (Å²) in [5.74, 6) is 0.858. The number of nitrogens with two attached hydrogens (primary N) is 1. The van der Waals surface area contributed by atoms with Gasteiger partial charge >= 0.3 is 0 Å². The lowest BCUT2D eigenvalue weighted by Crippen LogP contribution is -2.24. The molecule has 1 aliphatic rings. The molecule has 2 rings (SSSR count). The normalized spacial score (nSPS) is 21.3. The molecule has 0 aliphatic carbocycles. The van der Waals surface area contributed by atoms with E-state index in [-0.39, 0.29) is 6.04 Å². The van der Waals surface area contributed by atoms with Crippen molar-refractivity contribution in [2.75, 3.05) is 18.0 Å². The Kier molecular flexibility index (Phi) is 4.68. The van der Waals surface area contributed by atoms with E-state index in [0.717, 1.165) is 16.8 Å². The van der Waals surface area contributed by atoms with Gasteiger partial charge in [-0.2, -0.15) is 0 Å². The third kappa shape index (κ3) is 3.27. The molecular formula is C15H23BrN2. The quantitative estimate of drug-likeness (QED) is 0.921. The predicted octanol–water partition coefficient (Wildman–Crippen LogP) is 3.58. The zero-order chi connectivity index (χ0) is 13.1. The molecule has 2 unspecified atom stereocenters. The van der Waals surface area contributed by atoms with Crippen molar-refractivity contribution in [1.29, 1.82) is 0 Å². The summed E-state index contributed by atoms with van der Waals surface area (Å²) in [5, 5.41) is 0. The molecular weight excluding hydrogens is 288 g/mol. The fourth-order valence-electron chi connectivity index (χ4n) is 2.76. The Morgan fingerprint density at radius 3 is 2.89 bits per heavy atom. The molecule has 0 bridgehead atoms. The predicted molar refractivity (Wildman–Crippen MR) is 82.1 cm³/mol. The van der Waals surface area contributed by atoms with E-state index in [1.165, 1.54) is 37.2 Å². The van der Waals surface area contributed by atoms with Crippen molar-refractivity contribution in [2.24, 2.45) is 11.7 Å². The molecule has 1 aromatic carbocycles. The average Bonchev–Trinajstić information content (AvgIpc) is 2.77. The first-order valence-corrected chi connectivity index (χ1v) is 7.68. The monoisotopic (exact) mass is 310 g/mol. The molecule has 2 nitrogen and oxygen atoms in total. The molecule has 1 aliphatic heterocycles. The van der Waals surface area contributed by atoms with Crippen LogP contribution in [0.5, 0.6) is 0 Å². The van der Waals surface area contributed by atoms with E-state index in [4.69, 9.17) is 5.73 Å². The van der Waals surface area contributed by atoms with Gasteiger partial charge in [0.2, 0.25) is 0 Å². The van der Waals surface area contributed by atoms with Gasteiger partial charge in [0, 0.05) is 29.3 Å². The summed E-state index contributed by atoms with van der Waals surface area (Å²) in [7, 11) is 0. The first kappa shape index (κ1) is 13.9. The number of nitrogens with zero attached hydrogens (tertiary/aromatic N) is 1. The Bertz CT molecular complexity index is 403. The minimum Gasteiger partial charge on any atom is -0.371 e. The molecule has 1 aromatic rings. The van der Waals surface area contributed by atoms with Crippen LogP contribution in [0.1, 0.15) is 32.3 Å². The van der Waals surface area contributed by atoms with Crippen molar-refractivity contribution in [3.63, 3.8) is 0 Å². The van der Waals surface area contributed by atoms with Crippen LogP contribution in [-0.2, 0) is 6.42 Å². The van der Waals surface area contributed by atoms with Crippen molar-refractivity contribution in [2.45, 2.75) is 39.2 Å². The third-order valence-corrected chi connectivity index (χ3v) is 4.28. The van der Waals surface area contributed by atoms with Crippen LogP contribution in [0.3, 0.4) is 0 Å². The Morgan fingerprint density at radius 2 is 2.28 bits per heavy atom. The number of hydrogen-bond donors (Lipinski definition) is 1. The molecule has 2 N–H and O–H groups in total. The molecule has 18 heavy (non-hydrogen) atoms. The summed E-state index contributed by atoms with van der Waals surface area (Å²) in [4.78, 5) is 2.53. The number of halogens is 1. The second kappa shape index (κ2) is 6.07. The highest BCUT2D eigenvalue weighted by molar-refractivity contribution is 9.10. The smallest absolute Gasteiger partial charge is 0.0400 e. The second-order valence-electron chi connectivity index (χ2n) is 5.46. The number of anilines is 1. The highest BCUT2D eigenvalue weighted by Crippen LogP contribution is 2.30. The van der Waals surface area contributed by atoms with Gasteiger partial charge in [0.25, 0.3) is 0 Å². The average molecular weight is 311 g/mol. The molecule has 0 spiro atoms. The summed E-state index contributed by atoms with van der Waals surface area (Å²) in [6.45, 7) is 6.75. The summed E-state index contributed by atoms with van der Waals surface area (Å²) >= 11 is 3.56. The van der Waals surface area contributed by atoms with Gasteiger partial charge in [-0.25, -0.2) is 0 Å². The van der Waals surface area contributed by atoms with Crippen molar-refractivity contribution in [3.8, 4) is 0 Å². The van der Waals surface area contributed by atoms with Crippen LogP contribution in [-0.4, -0.2) is 19.1 Å². The molecule has 3 heteroatoms. The lowest BCUT2D eigenvalue weighted by Gasteiger charge is -2.23. The Hall–Kier alpha value is -0.540. The SMILES string of the molecule is CCC1CCN(c2ccc(Br)cc2CC(C)N)C1. The van der Waals surface area contributed by atoms with Crippen molar-refractivity contribution in [3.05, 3.63) is 28.2 Å². The van der Waals surface area contributed by atoms with Gasteiger partial charge in [0.1, 0.15) is 0 Å². The molecule has 0 amide bonds. The fraction of sp³-hybridized carbons (Fsp3) is 0.600. The Labute approximate surface area is 119 Å². The van der Waals surface area contributed by atoms with Crippen molar-refractivity contribution in [1.82, 2.24) is 0 Å². The van der Waals surface area contributed by atoms with E-state index in [1.807, 2.05) is 0 Å². The standard InChI is InChI=1S/C15H23BrN2/c1-3-12-6-7-18(10-12)15-5-4-14(16)9-13(15)8-11(2)17/h4-5,9,11-12H,3,6-8,10,17H2,1-2H3. The summed E-state index contributed by atoms with van der Waals surface area (Å²) in [6, 6.07) is 6.81. The van der Waals surface area contributed by atoms with Crippen LogP contribution in [0.4, 0.5) is 5.69 Å². The lowest BCUT2D eigenvalue weighted by atomic mass is 10.0. The van der Waals surface area contributed by atoms with Crippen LogP contribution in [0.25, 0.3) is 0 Å². The van der Waals surface area contributed by atoms with Crippen LogP contribution >= 0.6 is 15.9 Å². The summed E-state index contributed by atoms with van der Waals surface area (Å²) in [5.41, 5.74) is 8.71. The van der Waals surface area contributed by atoms with E-state index in [9.17, 15) is 0 Å². The zero-order valence-electron chi connectivity index (χ0n) is 11.3. The van der Waals surface area contributed by atoms with E-state index >= 15 is 0 Å². The number of rotatable bonds is 4. The third-order valence-electron chi connectivity index (χ3n) is 3.79. The molecule has 0 aromatic heterocycles. The van der Waals surface area contributed by atoms with Gasteiger partial charge in [-0.3, -0.25) is 0 Å². The van der Waals surface area contributed by atoms with Crippen molar-refractivity contribution >= 4 is 21.6 Å². The van der Waals surface area contributed by atoms with Gasteiger partial charge in [-0.1, -0.05) is 29.3 Å². The Morgan fingerprint density at radius 1 is 1.50 bits per heavy atom. The minimum atomic E-state index is 0.211. The first-order chi connectivity index (χ1) is 8.60. The highest BCUT2D eigenvalue weighted by Gasteiger charge is 2.23.